The first-order chi connectivity index (χ1) is 12.1. The van der Waals surface area contributed by atoms with Crippen molar-refractivity contribution in [2.24, 2.45) is 0 Å². The normalized spacial score (nSPS) is 14.4. The molecule has 2 amide bonds. The number of hydrogen-bond acceptors (Lipinski definition) is 4. The van der Waals surface area contributed by atoms with E-state index in [1.54, 1.807) is 47.6 Å². The lowest BCUT2D eigenvalue weighted by atomic mass is 10.2. The molecule has 0 saturated carbocycles. The van der Waals surface area contributed by atoms with Gasteiger partial charge in [-0.2, -0.15) is 0 Å². The van der Waals surface area contributed by atoms with Crippen molar-refractivity contribution in [1.82, 2.24) is 20.5 Å². The number of rotatable bonds is 4. The van der Waals surface area contributed by atoms with Gasteiger partial charge in [-0.1, -0.05) is 35.3 Å². The highest BCUT2D eigenvalue weighted by Gasteiger charge is 2.24. The Kier molecular flexibility index (Phi) is 9.98. The van der Waals surface area contributed by atoms with E-state index in [1.165, 1.54) is 0 Å². The third-order valence-electron chi connectivity index (χ3n) is 3.81. The molecule has 1 aromatic heterocycles. The molecule has 27 heavy (non-hydrogen) atoms. The fraction of sp³-hybridized carbons (Fsp3) is 0.294. The smallest absolute Gasteiger partial charge is 0.320 e. The van der Waals surface area contributed by atoms with Gasteiger partial charge in [-0.3, -0.25) is 10.3 Å². The van der Waals surface area contributed by atoms with Gasteiger partial charge in [0.2, 0.25) is 6.23 Å². The van der Waals surface area contributed by atoms with Crippen LogP contribution in [0.3, 0.4) is 0 Å². The summed E-state index contributed by atoms with van der Waals surface area (Å²) in [6, 6.07) is 8.52. The highest BCUT2D eigenvalue weighted by atomic mass is 35.5. The summed E-state index contributed by atoms with van der Waals surface area (Å²) >= 11 is 12.4. The first-order valence-electron chi connectivity index (χ1n) is 7.92. The number of halogens is 4. The molecular weight excluding hydrogens is 434 g/mol. The summed E-state index contributed by atoms with van der Waals surface area (Å²) in [6.07, 6.45) is 2.44. The molecule has 2 heterocycles. The Hall–Kier alpha value is -1.44. The highest BCUT2D eigenvalue weighted by molar-refractivity contribution is 6.42. The van der Waals surface area contributed by atoms with Gasteiger partial charge < -0.3 is 15.0 Å². The Morgan fingerprint density at radius 2 is 1.93 bits per heavy atom. The fourth-order valence-electron chi connectivity index (χ4n) is 2.52. The lowest BCUT2D eigenvalue weighted by Crippen LogP contribution is -2.51. The standard InChI is InChI=1S/C17H18Cl2N4O2.2ClH/c18-14-5-1-4-13(15(14)19)16(25-12-3-2-6-21-11-12)22-17(24)23-9-7-20-8-10-23;;/h1-6,11,16,20H,7-10H2,(H,22,24);2*1H. The van der Waals surface area contributed by atoms with Crippen LogP contribution in [-0.2, 0) is 0 Å². The van der Waals surface area contributed by atoms with Gasteiger partial charge >= 0.3 is 6.03 Å². The maximum absolute atomic E-state index is 12.6. The molecule has 1 saturated heterocycles. The molecule has 0 aliphatic carbocycles. The number of aromatic nitrogens is 1. The molecule has 1 aliphatic rings. The molecule has 0 radical (unpaired) electrons. The predicted octanol–water partition coefficient (Wildman–Crippen LogP) is 3.92. The minimum atomic E-state index is -0.780. The molecule has 3 rings (SSSR count). The van der Waals surface area contributed by atoms with Crippen LogP contribution in [0.1, 0.15) is 11.8 Å². The molecule has 1 unspecified atom stereocenters. The number of urea groups is 1. The van der Waals surface area contributed by atoms with Crippen LogP contribution >= 0.6 is 48.0 Å². The van der Waals surface area contributed by atoms with E-state index in [2.05, 4.69) is 15.6 Å². The van der Waals surface area contributed by atoms with E-state index in [0.717, 1.165) is 13.1 Å². The molecule has 1 aliphatic heterocycles. The third kappa shape index (κ3) is 6.30. The predicted molar refractivity (Wildman–Crippen MR) is 112 cm³/mol. The Balaban J connectivity index is 0.00000182. The molecule has 0 bridgehead atoms. The number of amides is 2. The number of benzene rings is 1. The summed E-state index contributed by atoms with van der Waals surface area (Å²) in [5.41, 5.74) is 0.585. The maximum atomic E-state index is 12.6. The van der Waals surface area contributed by atoms with Crippen LogP contribution < -0.4 is 15.4 Å². The SMILES string of the molecule is Cl.Cl.O=C(NC(Oc1cccnc1)c1cccc(Cl)c1Cl)N1CCNCC1. The number of piperazine rings is 1. The minimum Gasteiger partial charge on any atom is -0.465 e. The van der Waals surface area contributed by atoms with Crippen LogP contribution in [-0.4, -0.2) is 42.1 Å². The maximum Gasteiger partial charge on any atom is 0.320 e. The van der Waals surface area contributed by atoms with Crippen LogP contribution in [0, 0.1) is 0 Å². The van der Waals surface area contributed by atoms with E-state index in [9.17, 15) is 4.79 Å². The number of carbonyl (C=O) groups excluding carboxylic acids is 1. The van der Waals surface area contributed by atoms with E-state index < -0.39 is 6.23 Å². The quantitative estimate of drug-likeness (QED) is 0.688. The monoisotopic (exact) mass is 452 g/mol. The largest absolute Gasteiger partial charge is 0.465 e. The van der Waals surface area contributed by atoms with Crippen molar-refractivity contribution >= 4 is 54.0 Å². The average Bonchev–Trinajstić information content (AvgIpc) is 2.65. The van der Waals surface area contributed by atoms with E-state index in [0.29, 0.717) is 34.4 Å². The number of nitrogens with one attached hydrogen (secondary N) is 2. The van der Waals surface area contributed by atoms with Gasteiger partial charge in [-0.05, 0) is 18.2 Å². The molecule has 1 fully saturated rings. The van der Waals surface area contributed by atoms with Crippen molar-refractivity contribution in [3.8, 4) is 5.75 Å². The zero-order chi connectivity index (χ0) is 17.6. The molecule has 0 spiro atoms. The Morgan fingerprint density at radius 1 is 1.19 bits per heavy atom. The van der Waals surface area contributed by atoms with Gasteiger partial charge in [0.05, 0.1) is 16.2 Å². The van der Waals surface area contributed by atoms with Gasteiger partial charge in [-0.25, -0.2) is 4.79 Å². The molecule has 1 atom stereocenters. The number of nitrogens with zero attached hydrogens (tertiary/aromatic N) is 2. The first kappa shape index (κ1) is 23.6. The minimum absolute atomic E-state index is 0. The zero-order valence-corrected chi connectivity index (χ0v) is 17.4. The Labute approximate surface area is 180 Å². The van der Waals surface area contributed by atoms with Crippen LogP contribution in [0.25, 0.3) is 0 Å². The van der Waals surface area contributed by atoms with E-state index in [4.69, 9.17) is 27.9 Å². The summed E-state index contributed by atoms with van der Waals surface area (Å²) in [5, 5.41) is 6.84. The van der Waals surface area contributed by atoms with E-state index in [-0.39, 0.29) is 30.8 Å². The van der Waals surface area contributed by atoms with Crippen molar-refractivity contribution in [3.05, 3.63) is 58.3 Å². The molecule has 6 nitrogen and oxygen atoms in total. The first-order valence-corrected chi connectivity index (χ1v) is 8.67. The van der Waals surface area contributed by atoms with Crippen LogP contribution in [0.5, 0.6) is 5.75 Å². The second kappa shape index (κ2) is 11.4. The van der Waals surface area contributed by atoms with E-state index >= 15 is 0 Å². The van der Waals surface area contributed by atoms with Crippen molar-refractivity contribution in [1.29, 1.82) is 0 Å². The summed E-state index contributed by atoms with van der Waals surface area (Å²) in [5.74, 6) is 0.518. The highest BCUT2D eigenvalue weighted by Crippen LogP contribution is 2.31. The zero-order valence-electron chi connectivity index (χ0n) is 14.2. The van der Waals surface area contributed by atoms with Gasteiger partial charge in [-0.15, -0.1) is 24.8 Å². The lowest BCUT2D eigenvalue weighted by Gasteiger charge is -2.30. The number of hydrogen-bond donors (Lipinski definition) is 2. The second-order valence-corrected chi connectivity index (χ2v) is 6.30. The summed E-state index contributed by atoms with van der Waals surface area (Å²) in [6.45, 7) is 2.79. The molecular formula is C17H20Cl4N4O2. The molecule has 148 valence electrons. The van der Waals surface area contributed by atoms with Gasteiger partial charge in [0.1, 0.15) is 5.75 Å². The summed E-state index contributed by atoms with van der Waals surface area (Å²) in [7, 11) is 0. The second-order valence-electron chi connectivity index (χ2n) is 5.52. The third-order valence-corrected chi connectivity index (χ3v) is 4.64. The van der Waals surface area contributed by atoms with Crippen molar-refractivity contribution in [2.75, 3.05) is 26.2 Å². The van der Waals surface area contributed by atoms with Gasteiger partial charge in [0, 0.05) is 37.9 Å². The Morgan fingerprint density at radius 3 is 2.59 bits per heavy atom. The van der Waals surface area contributed by atoms with Crippen molar-refractivity contribution in [3.63, 3.8) is 0 Å². The van der Waals surface area contributed by atoms with E-state index in [1.807, 2.05) is 0 Å². The Bertz CT molecular complexity index is 730. The number of ether oxygens (including phenoxy) is 1. The lowest BCUT2D eigenvalue weighted by molar-refractivity contribution is 0.140. The topological polar surface area (TPSA) is 66.5 Å². The molecule has 1 aromatic carbocycles. The van der Waals surface area contributed by atoms with Gasteiger partial charge in [0.15, 0.2) is 0 Å². The summed E-state index contributed by atoms with van der Waals surface area (Å²) < 4.78 is 5.92. The molecule has 2 aromatic rings. The van der Waals surface area contributed by atoms with Crippen LogP contribution in [0.4, 0.5) is 4.79 Å². The molecule has 10 heteroatoms. The average molecular weight is 454 g/mol. The van der Waals surface area contributed by atoms with Crippen LogP contribution in [0.15, 0.2) is 42.7 Å². The van der Waals surface area contributed by atoms with Crippen molar-refractivity contribution in [2.45, 2.75) is 6.23 Å². The number of carbonyl (C=O) groups is 1. The van der Waals surface area contributed by atoms with Gasteiger partial charge in [0.25, 0.3) is 0 Å². The number of pyridine rings is 1. The van der Waals surface area contributed by atoms with Crippen LogP contribution in [0.2, 0.25) is 10.0 Å². The fourth-order valence-corrected chi connectivity index (χ4v) is 2.92. The molecule has 2 N–H and O–H groups in total. The summed E-state index contributed by atoms with van der Waals surface area (Å²) in [4.78, 5) is 18.3. The van der Waals surface area contributed by atoms with Crippen molar-refractivity contribution < 1.29 is 9.53 Å².